The fourth-order valence-electron chi connectivity index (χ4n) is 1.60. The summed E-state index contributed by atoms with van der Waals surface area (Å²) in [7, 11) is -1.70. The summed E-state index contributed by atoms with van der Waals surface area (Å²) in [5.41, 5.74) is 0.436. The van der Waals surface area contributed by atoms with E-state index in [9.17, 15) is 13.2 Å². The van der Waals surface area contributed by atoms with E-state index in [0.29, 0.717) is 18.7 Å². The topological polar surface area (TPSA) is 87.3 Å². The van der Waals surface area contributed by atoms with Crippen molar-refractivity contribution >= 4 is 28.3 Å². The van der Waals surface area contributed by atoms with Gasteiger partial charge in [0.2, 0.25) is 10.0 Å². The Kier molecular flexibility index (Phi) is 9.38. The maximum Gasteiger partial charge on any atom is 0.251 e. The van der Waals surface area contributed by atoms with Gasteiger partial charge in [0.1, 0.15) is 0 Å². The number of benzene rings is 1. The zero-order chi connectivity index (χ0) is 16.8. The normalized spacial score (nSPS) is 12.6. The minimum Gasteiger partial charge on any atom is -0.350 e. The lowest BCUT2D eigenvalue weighted by molar-refractivity contribution is 0.0950. The first-order chi connectivity index (χ1) is 10.3. The maximum atomic E-state index is 12.1. The zero-order valence-corrected chi connectivity index (χ0v) is 15.6. The van der Waals surface area contributed by atoms with Crippen LogP contribution in [0.1, 0.15) is 31.1 Å². The van der Waals surface area contributed by atoms with Crippen LogP contribution < -0.4 is 15.4 Å². The number of halogens is 1. The summed E-state index contributed by atoms with van der Waals surface area (Å²) in [5, 5.41) is 5.80. The van der Waals surface area contributed by atoms with Crippen molar-refractivity contribution in [3.05, 3.63) is 29.8 Å². The molecule has 0 heterocycles. The lowest BCUT2D eigenvalue weighted by Gasteiger charge is -2.12. The maximum absolute atomic E-state index is 12.1. The van der Waals surface area contributed by atoms with Gasteiger partial charge in [-0.2, -0.15) is 0 Å². The van der Waals surface area contributed by atoms with E-state index in [-0.39, 0.29) is 35.2 Å². The molecule has 23 heavy (non-hydrogen) atoms. The van der Waals surface area contributed by atoms with Gasteiger partial charge in [-0.15, -0.1) is 12.4 Å². The van der Waals surface area contributed by atoms with Gasteiger partial charge < -0.3 is 10.6 Å². The van der Waals surface area contributed by atoms with E-state index in [1.54, 1.807) is 0 Å². The van der Waals surface area contributed by atoms with Crippen molar-refractivity contribution in [1.29, 1.82) is 0 Å². The molecule has 0 spiro atoms. The number of carbonyl (C=O) groups excluding carboxylic acids is 1. The number of amides is 1. The second-order valence-electron chi connectivity index (χ2n) is 5.67. The fraction of sp³-hybridized carbons (Fsp3) is 0.533. The van der Waals surface area contributed by atoms with Crippen molar-refractivity contribution in [3.63, 3.8) is 0 Å². The van der Waals surface area contributed by atoms with Gasteiger partial charge in [-0.05, 0) is 44.2 Å². The molecule has 1 amide bonds. The van der Waals surface area contributed by atoms with Crippen LogP contribution in [0.3, 0.4) is 0 Å². The molecule has 0 bridgehead atoms. The number of nitrogens with one attached hydrogen (secondary N) is 3. The number of hydrogen-bond acceptors (Lipinski definition) is 4. The van der Waals surface area contributed by atoms with Crippen LogP contribution in [0.25, 0.3) is 0 Å². The lowest BCUT2D eigenvalue weighted by atomic mass is 10.2. The highest BCUT2D eigenvalue weighted by Gasteiger charge is 2.15. The molecule has 132 valence electrons. The zero-order valence-electron chi connectivity index (χ0n) is 13.9. The van der Waals surface area contributed by atoms with E-state index in [0.717, 1.165) is 0 Å². The highest BCUT2D eigenvalue weighted by molar-refractivity contribution is 7.89. The van der Waals surface area contributed by atoms with Crippen molar-refractivity contribution in [3.8, 4) is 0 Å². The average molecular weight is 364 g/mol. The summed E-state index contributed by atoms with van der Waals surface area (Å²) in [4.78, 5) is 12.1. The third-order valence-corrected chi connectivity index (χ3v) is 4.61. The Morgan fingerprint density at radius 2 is 1.65 bits per heavy atom. The standard InChI is InChI=1S/C15H25N3O3S.ClH/c1-11(2)9-18-22(20,21)14-7-5-13(6-8-14)15(19)17-10-12(3)16-4;/h5-8,11-12,16,18H,9-10H2,1-4H3,(H,17,19);1H. The highest BCUT2D eigenvalue weighted by Crippen LogP contribution is 2.11. The Balaban J connectivity index is 0.00000484. The van der Waals surface area contributed by atoms with Crippen LogP contribution in [-0.2, 0) is 10.0 Å². The van der Waals surface area contributed by atoms with E-state index in [2.05, 4.69) is 15.4 Å². The molecule has 0 saturated carbocycles. The Bertz CT molecular complexity index is 588. The predicted molar refractivity (Wildman–Crippen MR) is 94.6 cm³/mol. The molecule has 0 aromatic heterocycles. The van der Waals surface area contributed by atoms with E-state index in [1.165, 1.54) is 24.3 Å². The molecular formula is C15H26ClN3O3S. The molecule has 3 N–H and O–H groups in total. The molecule has 6 nitrogen and oxygen atoms in total. The van der Waals surface area contributed by atoms with Gasteiger partial charge in [0.05, 0.1) is 4.90 Å². The van der Waals surface area contributed by atoms with Crippen molar-refractivity contribution in [2.45, 2.75) is 31.7 Å². The largest absolute Gasteiger partial charge is 0.350 e. The monoisotopic (exact) mass is 363 g/mol. The molecule has 0 fully saturated rings. The summed E-state index contributed by atoms with van der Waals surface area (Å²) in [6, 6.07) is 6.09. The minimum atomic E-state index is -3.52. The van der Waals surface area contributed by atoms with Gasteiger partial charge in [0, 0.05) is 24.7 Å². The molecule has 8 heteroatoms. The molecule has 1 rings (SSSR count). The molecular weight excluding hydrogens is 338 g/mol. The average Bonchev–Trinajstić information content (AvgIpc) is 2.50. The van der Waals surface area contributed by atoms with Crippen LogP contribution in [-0.4, -0.2) is 40.5 Å². The molecule has 0 aliphatic carbocycles. The van der Waals surface area contributed by atoms with Crippen molar-refractivity contribution in [1.82, 2.24) is 15.4 Å². The number of sulfonamides is 1. The second kappa shape index (κ2) is 9.87. The molecule has 0 radical (unpaired) electrons. The quantitative estimate of drug-likeness (QED) is 0.651. The summed E-state index contributed by atoms with van der Waals surface area (Å²) in [6.45, 7) is 6.71. The van der Waals surface area contributed by atoms with E-state index in [4.69, 9.17) is 0 Å². The number of rotatable bonds is 8. The highest BCUT2D eigenvalue weighted by atomic mass is 35.5. The number of carbonyl (C=O) groups is 1. The van der Waals surface area contributed by atoms with Gasteiger partial charge in [-0.1, -0.05) is 13.8 Å². The molecule has 1 aromatic carbocycles. The smallest absolute Gasteiger partial charge is 0.251 e. The van der Waals surface area contributed by atoms with Crippen LogP contribution >= 0.6 is 12.4 Å². The first-order valence-electron chi connectivity index (χ1n) is 7.31. The van der Waals surface area contributed by atoms with Crippen molar-refractivity contribution in [2.75, 3.05) is 20.1 Å². The van der Waals surface area contributed by atoms with Gasteiger partial charge in [0.25, 0.3) is 5.91 Å². The van der Waals surface area contributed by atoms with Crippen LogP contribution in [0.15, 0.2) is 29.2 Å². The van der Waals surface area contributed by atoms with Gasteiger partial charge in [0.15, 0.2) is 0 Å². The van der Waals surface area contributed by atoms with Crippen LogP contribution in [0.5, 0.6) is 0 Å². The molecule has 0 saturated heterocycles. The predicted octanol–water partition coefficient (Wildman–Crippen LogP) is 1.38. The molecule has 0 aliphatic heterocycles. The Labute approximate surface area is 144 Å². The summed E-state index contributed by atoms with van der Waals surface area (Å²) < 4.78 is 26.6. The molecule has 1 unspecified atom stereocenters. The Morgan fingerprint density at radius 1 is 1.09 bits per heavy atom. The summed E-state index contributed by atoms with van der Waals surface area (Å²) in [5.74, 6) is 0.00942. The van der Waals surface area contributed by atoms with E-state index in [1.807, 2.05) is 27.8 Å². The Hall–Kier alpha value is -1.15. The van der Waals surface area contributed by atoms with Crippen LogP contribution in [0.2, 0.25) is 0 Å². The van der Waals surface area contributed by atoms with E-state index < -0.39 is 10.0 Å². The Morgan fingerprint density at radius 3 is 2.13 bits per heavy atom. The van der Waals surface area contributed by atoms with Gasteiger partial charge >= 0.3 is 0 Å². The fourth-order valence-corrected chi connectivity index (χ4v) is 2.81. The summed E-state index contributed by atoms with van der Waals surface area (Å²) in [6.07, 6.45) is 0. The third kappa shape index (κ3) is 7.30. The molecule has 1 atom stereocenters. The third-order valence-electron chi connectivity index (χ3n) is 3.17. The van der Waals surface area contributed by atoms with Gasteiger partial charge in [-0.25, -0.2) is 13.1 Å². The first kappa shape index (κ1) is 21.9. The molecule has 1 aromatic rings. The van der Waals surface area contributed by atoms with Crippen molar-refractivity contribution in [2.24, 2.45) is 5.92 Å². The van der Waals surface area contributed by atoms with Crippen LogP contribution in [0.4, 0.5) is 0 Å². The number of likely N-dealkylation sites (N-methyl/N-ethyl adjacent to an activating group) is 1. The van der Waals surface area contributed by atoms with Gasteiger partial charge in [-0.3, -0.25) is 4.79 Å². The first-order valence-corrected chi connectivity index (χ1v) is 8.79. The molecule has 0 aliphatic rings. The van der Waals surface area contributed by atoms with E-state index >= 15 is 0 Å². The van der Waals surface area contributed by atoms with Crippen LogP contribution in [0, 0.1) is 5.92 Å². The SMILES string of the molecule is CNC(C)CNC(=O)c1ccc(S(=O)(=O)NCC(C)C)cc1.Cl. The number of hydrogen-bond donors (Lipinski definition) is 3. The second-order valence-corrected chi connectivity index (χ2v) is 7.44. The minimum absolute atomic E-state index is 0. The van der Waals surface area contributed by atoms with Crippen molar-refractivity contribution < 1.29 is 13.2 Å². The lowest BCUT2D eigenvalue weighted by Crippen LogP contribution is -2.37. The summed E-state index contributed by atoms with van der Waals surface area (Å²) >= 11 is 0.